The Morgan fingerprint density at radius 2 is 2.05 bits per heavy atom. The summed E-state index contributed by atoms with van der Waals surface area (Å²) in [5.41, 5.74) is 0.678. The van der Waals surface area contributed by atoms with E-state index < -0.39 is 31.1 Å². The van der Waals surface area contributed by atoms with Gasteiger partial charge in [-0.3, -0.25) is 4.79 Å². The normalized spacial score (nSPS) is 22.1. The summed E-state index contributed by atoms with van der Waals surface area (Å²) in [7, 11) is 0. The predicted molar refractivity (Wildman–Crippen MR) is 61.1 cm³/mol. The third-order valence-corrected chi connectivity index (χ3v) is 3.07. The Hall–Kier alpha value is -1.72. The molecule has 0 aliphatic heterocycles. The minimum absolute atomic E-state index is 0.153. The van der Waals surface area contributed by atoms with Gasteiger partial charge in [0.15, 0.2) is 0 Å². The molecule has 0 aromatic heterocycles. The van der Waals surface area contributed by atoms with Gasteiger partial charge in [-0.15, -0.1) is 0 Å². The van der Waals surface area contributed by atoms with Gasteiger partial charge in [-0.05, 0) is 18.1 Å². The average molecular weight is 274 g/mol. The number of para-hydroxylation sites is 1. The van der Waals surface area contributed by atoms with Crippen LogP contribution in [-0.4, -0.2) is 23.9 Å². The van der Waals surface area contributed by atoms with Crippen LogP contribution < -0.4 is 4.74 Å². The van der Waals surface area contributed by atoms with Gasteiger partial charge in [0.05, 0.1) is 18.9 Å². The first-order valence-corrected chi connectivity index (χ1v) is 5.90. The van der Waals surface area contributed by atoms with E-state index >= 15 is 0 Å². The fourth-order valence-corrected chi connectivity index (χ4v) is 2.01. The number of ether oxygens (including phenoxy) is 1. The predicted octanol–water partition coefficient (Wildman–Crippen LogP) is 3.21. The number of alkyl halides is 3. The molecule has 1 aromatic rings. The van der Waals surface area contributed by atoms with Gasteiger partial charge < -0.3 is 9.84 Å². The third kappa shape index (κ3) is 3.62. The topological polar surface area (TPSA) is 46.5 Å². The number of benzene rings is 1. The highest BCUT2D eigenvalue weighted by atomic mass is 19.4. The summed E-state index contributed by atoms with van der Waals surface area (Å²) in [6.45, 7) is -0.453. The van der Waals surface area contributed by atoms with Crippen molar-refractivity contribution in [3.8, 4) is 5.75 Å². The van der Waals surface area contributed by atoms with Crippen LogP contribution in [-0.2, 0) is 4.79 Å². The van der Waals surface area contributed by atoms with Crippen molar-refractivity contribution in [1.82, 2.24) is 0 Å². The molecular formula is C13H13F3O3. The minimum Gasteiger partial charge on any atom is -0.493 e. The van der Waals surface area contributed by atoms with Crippen molar-refractivity contribution in [2.75, 3.05) is 6.61 Å². The maximum atomic E-state index is 12.0. The number of hydrogen-bond acceptors (Lipinski definition) is 2. The molecule has 1 aliphatic carbocycles. The molecular weight excluding hydrogens is 261 g/mol. The Labute approximate surface area is 108 Å². The van der Waals surface area contributed by atoms with Crippen LogP contribution in [0.3, 0.4) is 0 Å². The SMILES string of the molecule is O=C(O)[C@H]1C[C@@H]1c1ccccc1OCCC(F)(F)F. The molecule has 1 aliphatic rings. The molecule has 0 heterocycles. The van der Waals surface area contributed by atoms with Gasteiger partial charge in [0.2, 0.25) is 0 Å². The second-order valence-electron chi connectivity index (χ2n) is 4.54. The minimum atomic E-state index is -4.25. The highest BCUT2D eigenvalue weighted by Crippen LogP contribution is 2.50. The zero-order chi connectivity index (χ0) is 14.0. The number of hydrogen-bond donors (Lipinski definition) is 1. The van der Waals surface area contributed by atoms with E-state index in [1.165, 1.54) is 0 Å². The molecule has 3 nitrogen and oxygen atoms in total. The first-order valence-electron chi connectivity index (χ1n) is 5.90. The Kier molecular flexibility index (Phi) is 3.68. The van der Waals surface area contributed by atoms with Crippen LogP contribution in [0.4, 0.5) is 13.2 Å². The number of halogens is 3. The fourth-order valence-electron chi connectivity index (χ4n) is 2.01. The van der Waals surface area contributed by atoms with E-state index in [0.29, 0.717) is 17.7 Å². The van der Waals surface area contributed by atoms with Crippen LogP contribution in [0.25, 0.3) is 0 Å². The Bertz CT molecular complexity index is 470. The monoisotopic (exact) mass is 274 g/mol. The highest BCUT2D eigenvalue weighted by molar-refractivity contribution is 5.75. The molecule has 104 valence electrons. The number of aliphatic carboxylic acids is 1. The standard InChI is InChI=1S/C13H13F3O3/c14-13(15,16)5-6-19-11-4-2-1-3-8(11)9-7-10(9)12(17)18/h1-4,9-10H,5-7H2,(H,17,18)/t9-,10+/m1/s1. The van der Waals surface area contributed by atoms with Crippen molar-refractivity contribution in [3.63, 3.8) is 0 Å². The Morgan fingerprint density at radius 1 is 1.37 bits per heavy atom. The first kappa shape index (κ1) is 13.7. The molecule has 0 bridgehead atoms. The van der Waals surface area contributed by atoms with E-state index in [1.807, 2.05) is 0 Å². The van der Waals surface area contributed by atoms with Crippen molar-refractivity contribution < 1.29 is 27.8 Å². The highest BCUT2D eigenvalue weighted by Gasteiger charge is 2.45. The first-order chi connectivity index (χ1) is 8.88. The molecule has 2 rings (SSSR count). The lowest BCUT2D eigenvalue weighted by molar-refractivity contribution is -0.140. The summed E-state index contributed by atoms with van der Waals surface area (Å²) in [4.78, 5) is 10.8. The quantitative estimate of drug-likeness (QED) is 0.896. The maximum Gasteiger partial charge on any atom is 0.392 e. The van der Waals surface area contributed by atoms with Crippen LogP contribution in [0.2, 0.25) is 0 Å². The molecule has 0 radical (unpaired) electrons. The van der Waals surface area contributed by atoms with E-state index in [-0.39, 0.29) is 5.92 Å². The second-order valence-corrected chi connectivity index (χ2v) is 4.54. The van der Waals surface area contributed by atoms with Gasteiger partial charge in [-0.1, -0.05) is 18.2 Å². The van der Waals surface area contributed by atoms with Gasteiger partial charge >= 0.3 is 12.1 Å². The summed E-state index contributed by atoms with van der Waals surface area (Å²) < 4.78 is 41.2. The van der Waals surface area contributed by atoms with Crippen LogP contribution >= 0.6 is 0 Å². The molecule has 0 spiro atoms. The molecule has 19 heavy (non-hydrogen) atoms. The van der Waals surface area contributed by atoms with Crippen LogP contribution in [0.5, 0.6) is 5.75 Å². The lowest BCUT2D eigenvalue weighted by Crippen LogP contribution is -2.13. The van der Waals surface area contributed by atoms with Crippen molar-refractivity contribution in [2.45, 2.75) is 24.9 Å². The zero-order valence-electron chi connectivity index (χ0n) is 9.98. The van der Waals surface area contributed by atoms with Crippen molar-refractivity contribution >= 4 is 5.97 Å². The Morgan fingerprint density at radius 3 is 2.63 bits per heavy atom. The smallest absolute Gasteiger partial charge is 0.392 e. The van der Waals surface area contributed by atoms with E-state index in [9.17, 15) is 18.0 Å². The fraction of sp³-hybridized carbons (Fsp3) is 0.462. The number of carbonyl (C=O) groups is 1. The van der Waals surface area contributed by atoms with Gasteiger partial charge in [-0.25, -0.2) is 0 Å². The lowest BCUT2D eigenvalue weighted by atomic mass is 10.1. The third-order valence-electron chi connectivity index (χ3n) is 3.07. The van der Waals surface area contributed by atoms with Crippen molar-refractivity contribution in [3.05, 3.63) is 29.8 Å². The van der Waals surface area contributed by atoms with E-state index in [1.54, 1.807) is 24.3 Å². The van der Waals surface area contributed by atoms with E-state index in [0.717, 1.165) is 0 Å². The van der Waals surface area contributed by atoms with Crippen LogP contribution in [0.15, 0.2) is 24.3 Å². The summed E-state index contributed by atoms with van der Waals surface area (Å²) in [6, 6.07) is 6.66. The van der Waals surface area contributed by atoms with Crippen LogP contribution in [0, 0.1) is 5.92 Å². The molecule has 1 N–H and O–H groups in total. The molecule has 0 amide bonds. The van der Waals surface area contributed by atoms with Gasteiger partial charge in [-0.2, -0.15) is 13.2 Å². The van der Waals surface area contributed by atoms with E-state index in [4.69, 9.17) is 9.84 Å². The number of rotatable bonds is 5. The summed E-state index contributed by atoms with van der Waals surface area (Å²) in [6.07, 6.45) is -4.76. The van der Waals surface area contributed by atoms with Gasteiger partial charge in [0, 0.05) is 5.92 Å². The molecule has 0 unspecified atom stereocenters. The maximum absolute atomic E-state index is 12.0. The second kappa shape index (κ2) is 5.11. The largest absolute Gasteiger partial charge is 0.493 e. The molecule has 1 saturated carbocycles. The van der Waals surface area contributed by atoms with Crippen molar-refractivity contribution in [1.29, 1.82) is 0 Å². The molecule has 0 saturated heterocycles. The molecule has 1 aromatic carbocycles. The summed E-state index contributed by atoms with van der Waals surface area (Å²) >= 11 is 0. The average Bonchev–Trinajstić information content (AvgIpc) is 3.08. The van der Waals surface area contributed by atoms with Crippen molar-refractivity contribution in [2.24, 2.45) is 5.92 Å². The van der Waals surface area contributed by atoms with Gasteiger partial charge in [0.25, 0.3) is 0 Å². The molecule has 2 atom stereocenters. The molecule has 6 heteroatoms. The van der Waals surface area contributed by atoms with E-state index in [2.05, 4.69) is 0 Å². The van der Waals surface area contributed by atoms with Gasteiger partial charge in [0.1, 0.15) is 5.75 Å². The Balaban J connectivity index is 2.00. The lowest BCUT2D eigenvalue weighted by Gasteiger charge is -2.12. The van der Waals surface area contributed by atoms with Crippen LogP contribution in [0.1, 0.15) is 24.3 Å². The summed E-state index contributed by atoms with van der Waals surface area (Å²) in [5, 5.41) is 8.87. The zero-order valence-corrected chi connectivity index (χ0v) is 9.98. The summed E-state index contributed by atoms with van der Waals surface area (Å²) in [5.74, 6) is -1.14. The molecule has 1 fully saturated rings. The number of carboxylic acids is 1. The number of carboxylic acid groups (broad SMARTS) is 1.